The molecule has 0 saturated carbocycles. The van der Waals surface area contributed by atoms with Crippen LogP contribution in [0.4, 0.5) is 4.79 Å². The summed E-state index contributed by atoms with van der Waals surface area (Å²) in [6, 6.07) is 5.54. The third kappa shape index (κ3) is 4.91. The van der Waals surface area contributed by atoms with Crippen molar-refractivity contribution in [2.45, 2.75) is 19.8 Å². The van der Waals surface area contributed by atoms with E-state index in [1.807, 2.05) is 25.1 Å². The van der Waals surface area contributed by atoms with E-state index in [9.17, 15) is 9.90 Å². The number of ether oxygens (including phenoxy) is 2. The van der Waals surface area contributed by atoms with Gasteiger partial charge in [-0.3, -0.25) is 0 Å². The molecule has 4 heteroatoms. The fraction of sp³-hybridized carbons (Fsp3) is 0.357. The van der Waals surface area contributed by atoms with Gasteiger partial charge in [0.25, 0.3) is 0 Å². The van der Waals surface area contributed by atoms with Gasteiger partial charge in [0.2, 0.25) is 0 Å². The van der Waals surface area contributed by atoms with Crippen molar-refractivity contribution >= 4 is 6.16 Å². The van der Waals surface area contributed by atoms with Gasteiger partial charge in [-0.1, -0.05) is 29.8 Å². The maximum Gasteiger partial charge on any atom is 0.508 e. The van der Waals surface area contributed by atoms with Gasteiger partial charge in [-0.05, 0) is 31.4 Å². The number of hydrogen-bond donors (Lipinski definition) is 1. The van der Waals surface area contributed by atoms with E-state index in [4.69, 9.17) is 0 Å². The predicted octanol–water partition coefficient (Wildman–Crippen LogP) is 2.97. The van der Waals surface area contributed by atoms with Gasteiger partial charge < -0.3 is 14.6 Å². The van der Waals surface area contributed by atoms with Crippen LogP contribution in [0.3, 0.4) is 0 Å². The van der Waals surface area contributed by atoms with Crippen LogP contribution in [-0.2, 0) is 15.9 Å². The van der Waals surface area contributed by atoms with Crippen LogP contribution >= 0.6 is 0 Å². The summed E-state index contributed by atoms with van der Waals surface area (Å²) < 4.78 is 9.02. The standard InChI is InChI=1S/C14H18O4/c1-11-7-8-13(15)12(10-11)6-4-3-5-9-18-14(16)17-2/h3,5,7-8,10,15H,4,6,9H2,1-2H3/b5-3+. The topological polar surface area (TPSA) is 55.8 Å². The van der Waals surface area contributed by atoms with Crippen LogP contribution in [0, 0.1) is 6.92 Å². The summed E-state index contributed by atoms with van der Waals surface area (Å²) in [4.78, 5) is 10.6. The van der Waals surface area contributed by atoms with Gasteiger partial charge in [0.1, 0.15) is 12.4 Å². The molecule has 0 radical (unpaired) electrons. The van der Waals surface area contributed by atoms with Gasteiger partial charge >= 0.3 is 6.16 Å². The fourth-order valence-corrected chi connectivity index (χ4v) is 1.51. The van der Waals surface area contributed by atoms with Gasteiger partial charge in [0.15, 0.2) is 0 Å². The maximum absolute atomic E-state index is 10.6. The first kappa shape index (κ1) is 14.1. The van der Waals surface area contributed by atoms with Crippen molar-refractivity contribution in [2.75, 3.05) is 13.7 Å². The van der Waals surface area contributed by atoms with Crippen molar-refractivity contribution in [2.24, 2.45) is 0 Å². The first-order valence-corrected chi connectivity index (χ1v) is 5.77. The molecule has 0 amide bonds. The molecule has 0 atom stereocenters. The van der Waals surface area contributed by atoms with Crippen molar-refractivity contribution in [1.29, 1.82) is 0 Å². The highest BCUT2D eigenvalue weighted by Crippen LogP contribution is 2.19. The van der Waals surface area contributed by atoms with Gasteiger partial charge in [0.05, 0.1) is 7.11 Å². The summed E-state index contributed by atoms with van der Waals surface area (Å²) in [6.07, 6.45) is 4.51. The van der Waals surface area contributed by atoms with E-state index in [1.54, 1.807) is 12.1 Å². The number of phenols is 1. The Balaban J connectivity index is 2.31. The average molecular weight is 250 g/mol. The van der Waals surface area contributed by atoms with Crippen molar-refractivity contribution in [3.63, 3.8) is 0 Å². The van der Waals surface area contributed by atoms with E-state index in [0.717, 1.165) is 24.0 Å². The quantitative estimate of drug-likeness (QED) is 0.644. The van der Waals surface area contributed by atoms with Gasteiger partial charge in [-0.15, -0.1) is 0 Å². The molecule has 0 aliphatic heterocycles. The Hall–Kier alpha value is -1.97. The van der Waals surface area contributed by atoms with Crippen LogP contribution in [0.1, 0.15) is 17.5 Å². The number of phenolic OH excluding ortho intramolecular Hbond substituents is 1. The molecule has 18 heavy (non-hydrogen) atoms. The number of aryl methyl sites for hydroxylation is 2. The summed E-state index contributed by atoms with van der Waals surface area (Å²) >= 11 is 0. The van der Waals surface area contributed by atoms with E-state index in [0.29, 0.717) is 5.75 Å². The van der Waals surface area contributed by atoms with Crippen LogP contribution in [0.2, 0.25) is 0 Å². The van der Waals surface area contributed by atoms with E-state index >= 15 is 0 Å². The normalized spacial score (nSPS) is 10.6. The number of allylic oxidation sites excluding steroid dienone is 1. The number of carbonyl (C=O) groups excluding carboxylic acids is 1. The monoisotopic (exact) mass is 250 g/mol. The largest absolute Gasteiger partial charge is 0.508 e. The highest BCUT2D eigenvalue weighted by molar-refractivity contribution is 5.59. The van der Waals surface area contributed by atoms with Crippen LogP contribution in [0.25, 0.3) is 0 Å². The molecule has 0 spiro atoms. The lowest BCUT2D eigenvalue weighted by molar-refractivity contribution is 0.0817. The molecule has 0 heterocycles. The van der Waals surface area contributed by atoms with Crippen LogP contribution in [0.15, 0.2) is 30.4 Å². The summed E-state index contributed by atoms with van der Waals surface area (Å²) in [5.41, 5.74) is 2.05. The van der Waals surface area contributed by atoms with Crippen LogP contribution < -0.4 is 0 Å². The summed E-state index contributed by atoms with van der Waals surface area (Å²) in [5.74, 6) is 0.319. The van der Waals surface area contributed by atoms with Gasteiger partial charge in [-0.25, -0.2) is 4.79 Å². The highest BCUT2D eigenvalue weighted by atomic mass is 16.7. The first-order chi connectivity index (χ1) is 8.63. The molecule has 1 N–H and O–H groups in total. The first-order valence-electron chi connectivity index (χ1n) is 5.77. The molecule has 0 fully saturated rings. The molecule has 0 aliphatic rings. The molecule has 0 aromatic heterocycles. The predicted molar refractivity (Wildman–Crippen MR) is 68.7 cm³/mol. The Morgan fingerprint density at radius 1 is 1.39 bits per heavy atom. The molecule has 1 rings (SSSR count). The van der Waals surface area contributed by atoms with Crippen LogP contribution in [-0.4, -0.2) is 25.0 Å². The minimum absolute atomic E-state index is 0.201. The number of hydrogen-bond acceptors (Lipinski definition) is 4. The van der Waals surface area contributed by atoms with Gasteiger partial charge in [-0.2, -0.15) is 0 Å². The lowest BCUT2D eigenvalue weighted by atomic mass is 10.1. The third-order valence-corrected chi connectivity index (χ3v) is 2.45. The van der Waals surface area contributed by atoms with E-state index in [1.165, 1.54) is 7.11 Å². The average Bonchev–Trinajstić information content (AvgIpc) is 2.37. The van der Waals surface area contributed by atoms with Crippen molar-refractivity contribution in [1.82, 2.24) is 0 Å². The number of methoxy groups -OCH3 is 1. The molecule has 4 nitrogen and oxygen atoms in total. The lowest BCUT2D eigenvalue weighted by Crippen LogP contribution is -2.03. The number of rotatable bonds is 5. The highest BCUT2D eigenvalue weighted by Gasteiger charge is 2.00. The zero-order valence-electron chi connectivity index (χ0n) is 10.7. The minimum Gasteiger partial charge on any atom is -0.508 e. The zero-order chi connectivity index (χ0) is 13.4. The SMILES string of the molecule is COC(=O)OC/C=C/CCc1cc(C)ccc1O. The molecule has 0 aliphatic carbocycles. The van der Waals surface area contributed by atoms with Crippen molar-refractivity contribution < 1.29 is 19.4 Å². The molecule has 0 saturated heterocycles. The van der Waals surface area contributed by atoms with Crippen molar-refractivity contribution in [3.05, 3.63) is 41.5 Å². The number of carbonyl (C=O) groups is 1. The second kappa shape index (κ2) is 7.37. The smallest absolute Gasteiger partial charge is 0.508 e. The molecular weight excluding hydrogens is 232 g/mol. The minimum atomic E-state index is -0.684. The molecule has 0 unspecified atom stereocenters. The molecule has 0 bridgehead atoms. The Kier molecular flexibility index (Phi) is 5.77. The Bertz CT molecular complexity index is 424. The molecule has 1 aromatic carbocycles. The van der Waals surface area contributed by atoms with E-state index in [-0.39, 0.29) is 6.61 Å². The lowest BCUT2D eigenvalue weighted by Gasteiger charge is -2.03. The maximum atomic E-state index is 10.6. The van der Waals surface area contributed by atoms with E-state index in [2.05, 4.69) is 9.47 Å². The summed E-state index contributed by atoms with van der Waals surface area (Å²) in [6.45, 7) is 2.19. The molecule has 98 valence electrons. The number of aromatic hydroxyl groups is 1. The Morgan fingerprint density at radius 2 is 2.17 bits per heavy atom. The fourth-order valence-electron chi connectivity index (χ4n) is 1.51. The zero-order valence-corrected chi connectivity index (χ0v) is 10.7. The van der Waals surface area contributed by atoms with Gasteiger partial charge in [0, 0.05) is 0 Å². The summed E-state index contributed by atoms with van der Waals surface area (Å²) in [5, 5.41) is 9.63. The summed E-state index contributed by atoms with van der Waals surface area (Å²) in [7, 11) is 1.27. The molecular formula is C14H18O4. The van der Waals surface area contributed by atoms with Crippen molar-refractivity contribution in [3.8, 4) is 5.75 Å². The van der Waals surface area contributed by atoms with E-state index < -0.39 is 6.16 Å². The second-order valence-electron chi connectivity index (χ2n) is 3.91. The third-order valence-electron chi connectivity index (χ3n) is 2.45. The molecule has 1 aromatic rings. The Morgan fingerprint density at radius 3 is 2.89 bits per heavy atom. The number of benzene rings is 1. The Labute approximate surface area is 107 Å². The second-order valence-corrected chi connectivity index (χ2v) is 3.91. The van der Waals surface area contributed by atoms with Crippen LogP contribution in [0.5, 0.6) is 5.75 Å².